The number of halogens is 1. The second-order valence-electron chi connectivity index (χ2n) is 4.10. The predicted molar refractivity (Wildman–Crippen MR) is 70.0 cm³/mol. The van der Waals surface area contributed by atoms with Gasteiger partial charge in [-0.2, -0.15) is 0 Å². The summed E-state index contributed by atoms with van der Waals surface area (Å²) in [5, 5.41) is 0.948. The number of hydrogen-bond donors (Lipinski definition) is 1. The van der Waals surface area contributed by atoms with Crippen molar-refractivity contribution >= 4 is 10.9 Å². The molecule has 3 aromatic rings. The minimum Gasteiger partial charge on any atom is -0.322 e. The molecule has 0 radical (unpaired) electrons. The summed E-state index contributed by atoms with van der Waals surface area (Å²) >= 11 is 0. The van der Waals surface area contributed by atoms with Crippen molar-refractivity contribution in [1.29, 1.82) is 0 Å². The maximum Gasteiger partial charge on any atom is 0.249 e. The van der Waals surface area contributed by atoms with Crippen LogP contribution in [0.5, 0.6) is 0 Å². The van der Waals surface area contributed by atoms with Gasteiger partial charge in [0.15, 0.2) is 0 Å². The molecule has 2 nitrogen and oxygen atoms in total. The molecule has 3 heteroatoms. The summed E-state index contributed by atoms with van der Waals surface area (Å²) in [6, 6.07) is 15.2. The lowest BCUT2D eigenvalue weighted by atomic mass is 10.0. The van der Waals surface area contributed by atoms with E-state index in [0.717, 1.165) is 22.0 Å². The van der Waals surface area contributed by atoms with E-state index in [2.05, 4.69) is 4.98 Å². The van der Waals surface area contributed by atoms with Gasteiger partial charge in [-0.3, -0.25) is 4.79 Å². The molecule has 0 saturated carbocycles. The molecule has 0 aliphatic rings. The van der Waals surface area contributed by atoms with Gasteiger partial charge in [0.25, 0.3) is 0 Å². The number of nitrogens with one attached hydrogen (secondary N) is 1. The van der Waals surface area contributed by atoms with E-state index >= 15 is 0 Å². The molecule has 88 valence electrons. The molecule has 0 saturated heterocycles. The van der Waals surface area contributed by atoms with Crippen molar-refractivity contribution in [3.8, 4) is 11.1 Å². The molecule has 0 spiro atoms. The van der Waals surface area contributed by atoms with E-state index in [-0.39, 0.29) is 11.4 Å². The van der Waals surface area contributed by atoms with Crippen molar-refractivity contribution in [2.75, 3.05) is 0 Å². The largest absolute Gasteiger partial charge is 0.322 e. The third-order valence-corrected chi connectivity index (χ3v) is 2.91. The van der Waals surface area contributed by atoms with Crippen molar-refractivity contribution in [3.63, 3.8) is 0 Å². The van der Waals surface area contributed by atoms with Crippen molar-refractivity contribution in [1.82, 2.24) is 4.98 Å². The average molecular weight is 239 g/mol. The fraction of sp³-hybridized carbons (Fsp3) is 0. The molecule has 0 amide bonds. The predicted octanol–water partition coefficient (Wildman–Crippen LogP) is 3.33. The number of hydrogen-bond acceptors (Lipinski definition) is 1. The first kappa shape index (κ1) is 10.7. The van der Waals surface area contributed by atoms with Crippen LogP contribution in [0.25, 0.3) is 22.0 Å². The highest BCUT2D eigenvalue weighted by atomic mass is 19.1. The Bertz CT molecular complexity index is 759. The van der Waals surface area contributed by atoms with E-state index in [1.165, 1.54) is 18.2 Å². The van der Waals surface area contributed by atoms with Crippen LogP contribution in [0.2, 0.25) is 0 Å². The summed E-state index contributed by atoms with van der Waals surface area (Å²) in [7, 11) is 0. The lowest BCUT2D eigenvalue weighted by Gasteiger charge is -2.06. The van der Waals surface area contributed by atoms with Gasteiger partial charge in [-0.1, -0.05) is 30.3 Å². The number of pyridine rings is 1. The normalized spacial score (nSPS) is 10.7. The number of H-pyrrole nitrogens is 1. The Labute approximate surface area is 103 Å². The van der Waals surface area contributed by atoms with Crippen molar-refractivity contribution < 1.29 is 4.39 Å². The number of para-hydroxylation sites is 1. The van der Waals surface area contributed by atoms with Crippen molar-refractivity contribution in [2.24, 2.45) is 0 Å². The average Bonchev–Trinajstić information content (AvgIpc) is 2.38. The summed E-state index contributed by atoms with van der Waals surface area (Å²) in [6.45, 7) is 0. The van der Waals surface area contributed by atoms with Crippen LogP contribution in [0.4, 0.5) is 4.39 Å². The minimum absolute atomic E-state index is 0.159. The van der Waals surface area contributed by atoms with Gasteiger partial charge in [0, 0.05) is 17.0 Å². The Hall–Kier alpha value is -2.42. The maximum atomic E-state index is 12.9. The first-order valence-corrected chi connectivity index (χ1v) is 5.62. The van der Waals surface area contributed by atoms with Crippen molar-refractivity contribution in [2.45, 2.75) is 0 Å². The maximum absolute atomic E-state index is 12.9. The van der Waals surface area contributed by atoms with Gasteiger partial charge in [-0.25, -0.2) is 4.39 Å². The molecule has 0 unspecified atom stereocenters. The Morgan fingerprint density at radius 3 is 2.44 bits per heavy atom. The summed E-state index contributed by atoms with van der Waals surface area (Å²) in [5.74, 6) is -0.284. The summed E-state index contributed by atoms with van der Waals surface area (Å²) in [4.78, 5) is 14.4. The second-order valence-corrected chi connectivity index (χ2v) is 4.10. The van der Waals surface area contributed by atoms with Crippen LogP contribution >= 0.6 is 0 Å². The number of benzene rings is 2. The van der Waals surface area contributed by atoms with Gasteiger partial charge in [0.1, 0.15) is 5.82 Å². The smallest absolute Gasteiger partial charge is 0.249 e. The molecule has 0 bridgehead atoms. The molecule has 1 aromatic heterocycles. The summed E-state index contributed by atoms with van der Waals surface area (Å²) < 4.78 is 12.9. The van der Waals surface area contributed by atoms with Crippen LogP contribution in [0, 0.1) is 5.82 Å². The summed E-state index contributed by atoms with van der Waals surface area (Å²) in [6.07, 6.45) is 0. The lowest BCUT2D eigenvalue weighted by Crippen LogP contribution is -2.04. The Morgan fingerprint density at radius 2 is 1.67 bits per heavy atom. The van der Waals surface area contributed by atoms with Gasteiger partial charge in [-0.05, 0) is 29.3 Å². The van der Waals surface area contributed by atoms with Gasteiger partial charge in [0.2, 0.25) is 5.56 Å². The van der Waals surface area contributed by atoms with E-state index < -0.39 is 0 Å². The van der Waals surface area contributed by atoms with Crippen LogP contribution in [0.1, 0.15) is 0 Å². The third kappa shape index (κ3) is 1.80. The Morgan fingerprint density at radius 1 is 0.944 bits per heavy atom. The number of fused-ring (bicyclic) bond motifs is 1. The fourth-order valence-electron chi connectivity index (χ4n) is 2.07. The van der Waals surface area contributed by atoms with Gasteiger partial charge < -0.3 is 4.98 Å². The monoisotopic (exact) mass is 239 g/mol. The Balaban J connectivity index is 2.34. The first-order valence-electron chi connectivity index (χ1n) is 5.62. The Kier molecular flexibility index (Phi) is 2.45. The SMILES string of the molecule is O=c1cc(-c2ccc(F)cc2)c2ccccc2[nH]1. The van der Waals surface area contributed by atoms with Crippen molar-refractivity contribution in [3.05, 3.63) is 70.8 Å². The highest BCUT2D eigenvalue weighted by molar-refractivity contribution is 5.94. The van der Waals surface area contributed by atoms with E-state index in [9.17, 15) is 9.18 Å². The minimum atomic E-state index is -0.284. The van der Waals surface area contributed by atoms with Crippen LogP contribution in [0.15, 0.2) is 59.4 Å². The summed E-state index contributed by atoms with van der Waals surface area (Å²) in [5.41, 5.74) is 2.27. The number of aromatic nitrogens is 1. The van der Waals surface area contributed by atoms with E-state index in [1.54, 1.807) is 12.1 Å². The molecule has 0 atom stereocenters. The zero-order chi connectivity index (χ0) is 12.5. The molecule has 0 aliphatic heterocycles. The topological polar surface area (TPSA) is 32.9 Å². The van der Waals surface area contributed by atoms with Crippen LogP contribution < -0.4 is 5.56 Å². The van der Waals surface area contributed by atoms with Crippen LogP contribution in [-0.4, -0.2) is 4.98 Å². The van der Waals surface area contributed by atoms with E-state index in [4.69, 9.17) is 0 Å². The van der Waals surface area contributed by atoms with E-state index in [0.29, 0.717) is 0 Å². The first-order chi connectivity index (χ1) is 8.74. The van der Waals surface area contributed by atoms with Gasteiger partial charge >= 0.3 is 0 Å². The highest BCUT2D eigenvalue weighted by Crippen LogP contribution is 2.25. The third-order valence-electron chi connectivity index (χ3n) is 2.91. The molecular formula is C15H10FNO. The molecule has 1 N–H and O–H groups in total. The standard InChI is InChI=1S/C15H10FNO/c16-11-7-5-10(6-8-11)13-9-15(18)17-14-4-2-1-3-12(13)14/h1-9H,(H,17,18). The highest BCUT2D eigenvalue weighted by Gasteiger charge is 2.05. The van der Waals surface area contributed by atoms with Crippen LogP contribution in [0.3, 0.4) is 0 Å². The molecule has 2 aromatic carbocycles. The fourth-order valence-corrected chi connectivity index (χ4v) is 2.07. The number of rotatable bonds is 1. The second kappa shape index (κ2) is 4.11. The molecule has 18 heavy (non-hydrogen) atoms. The van der Waals surface area contributed by atoms with E-state index in [1.807, 2.05) is 24.3 Å². The molecule has 3 rings (SSSR count). The number of aromatic amines is 1. The quantitative estimate of drug-likeness (QED) is 0.694. The zero-order valence-electron chi connectivity index (χ0n) is 9.48. The van der Waals surface area contributed by atoms with Crippen LogP contribution in [-0.2, 0) is 0 Å². The zero-order valence-corrected chi connectivity index (χ0v) is 9.48. The molecule has 0 aliphatic carbocycles. The molecule has 1 heterocycles. The van der Waals surface area contributed by atoms with Gasteiger partial charge in [-0.15, -0.1) is 0 Å². The lowest BCUT2D eigenvalue weighted by molar-refractivity contribution is 0.628. The molecular weight excluding hydrogens is 229 g/mol. The van der Waals surface area contributed by atoms with Gasteiger partial charge in [0.05, 0.1) is 0 Å². The molecule has 0 fully saturated rings.